The molecule has 3 rings (SSSR count). The smallest absolute Gasteiger partial charge is 0.410 e. The minimum atomic E-state index is -0.458. The van der Waals surface area contributed by atoms with Gasteiger partial charge in [0.05, 0.1) is 0 Å². The lowest BCUT2D eigenvalue weighted by atomic mass is 9.93. The molecule has 0 aliphatic carbocycles. The van der Waals surface area contributed by atoms with Gasteiger partial charge in [-0.3, -0.25) is 0 Å². The molecule has 1 aliphatic heterocycles. The summed E-state index contributed by atoms with van der Waals surface area (Å²) in [6.45, 7) is 11.4. The van der Waals surface area contributed by atoms with Crippen molar-refractivity contribution in [2.24, 2.45) is 0 Å². The predicted octanol–water partition coefficient (Wildman–Crippen LogP) is 5.52. The molecule has 0 unspecified atom stereocenters. The molecule has 0 spiro atoms. The van der Waals surface area contributed by atoms with E-state index in [0.29, 0.717) is 24.9 Å². The molecule has 0 saturated carbocycles. The van der Waals surface area contributed by atoms with Crippen LogP contribution in [0.2, 0.25) is 0 Å². The van der Waals surface area contributed by atoms with Gasteiger partial charge in [0.1, 0.15) is 11.4 Å². The topological polar surface area (TPSA) is 67.4 Å². The van der Waals surface area contributed by atoms with Gasteiger partial charge in [-0.05, 0) is 51.7 Å². The summed E-state index contributed by atoms with van der Waals surface area (Å²) in [6.07, 6.45) is 3.49. The summed E-state index contributed by atoms with van der Waals surface area (Å²) >= 11 is 1.66. The molecule has 1 fully saturated rings. The van der Waals surface area contributed by atoms with Crippen molar-refractivity contribution < 1.29 is 9.53 Å². The van der Waals surface area contributed by atoms with Crippen molar-refractivity contribution in [3.8, 4) is 0 Å². The van der Waals surface area contributed by atoms with E-state index in [1.165, 1.54) is 4.88 Å². The zero-order chi connectivity index (χ0) is 20.3. The van der Waals surface area contributed by atoms with Crippen LogP contribution in [0.3, 0.4) is 0 Å². The van der Waals surface area contributed by atoms with E-state index in [1.807, 2.05) is 39.1 Å². The number of ether oxygens (including phenoxy) is 1. The molecule has 1 saturated heterocycles. The Bertz CT molecular complexity index is 805. The number of anilines is 2. The van der Waals surface area contributed by atoms with E-state index in [4.69, 9.17) is 9.72 Å². The van der Waals surface area contributed by atoms with Gasteiger partial charge < -0.3 is 15.0 Å². The van der Waals surface area contributed by atoms with Crippen LogP contribution < -0.4 is 5.32 Å². The van der Waals surface area contributed by atoms with Crippen LogP contribution in [-0.4, -0.2) is 39.7 Å². The Balaban J connectivity index is 1.59. The monoisotopic (exact) mass is 402 g/mol. The molecule has 6 nitrogen and oxygen atoms in total. The first-order valence-corrected chi connectivity index (χ1v) is 10.7. The number of aromatic nitrogens is 2. The number of nitrogens with one attached hydrogen (secondary N) is 1. The fraction of sp³-hybridized carbons (Fsp3) is 0.571. The van der Waals surface area contributed by atoms with E-state index in [0.717, 1.165) is 29.5 Å². The second-order valence-corrected chi connectivity index (χ2v) is 9.60. The van der Waals surface area contributed by atoms with Gasteiger partial charge in [-0.1, -0.05) is 19.9 Å². The maximum atomic E-state index is 12.2. The molecule has 152 valence electrons. The molecule has 1 N–H and O–H groups in total. The molecule has 7 heteroatoms. The maximum absolute atomic E-state index is 12.2. The van der Waals surface area contributed by atoms with E-state index in [9.17, 15) is 4.79 Å². The summed E-state index contributed by atoms with van der Waals surface area (Å²) < 4.78 is 5.48. The number of carbonyl (C=O) groups is 1. The number of rotatable bonds is 4. The first-order chi connectivity index (χ1) is 13.2. The van der Waals surface area contributed by atoms with Crippen LogP contribution in [0.1, 0.15) is 69.9 Å². The lowest BCUT2D eigenvalue weighted by molar-refractivity contribution is 0.0204. The van der Waals surface area contributed by atoms with Crippen molar-refractivity contribution >= 4 is 28.4 Å². The highest BCUT2D eigenvalue weighted by Crippen LogP contribution is 2.30. The summed E-state index contributed by atoms with van der Waals surface area (Å²) in [5.74, 6) is 1.64. The third-order valence-corrected chi connectivity index (χ3v) is 5.88. The molecule has 3 heterocycles. The van der Waals surface area contributed by atoms with Gasteiger partial charge in [0.15, 0.2) is 5.13 Å². The molecule has 28 heavy (non-hydrogen) atoms. The molecular formula is C21H30N4O2S. The predicted molar refractivity (Wildman–Crippen MR) is 114 cm³/mol. The molecular weight excluding hydrogens is 372 g/mol. The average molecular weight is 403 g/mol. The first-order valence-electron chi connectivity index (χ1n) is 9.89. The molecule has 0 atom stereocenters. The molecule has 2 aromatic heterocycles. The average Bonchev–Trinajstić information content (AvgIpc) is 3.09. The lowest BCUT2D eigenvalue weighted by Gasteiger charge is -2.33. The highest BCUT2D eigenvalue weighted by molar-refractivity contribution is 7.15. The Morgan fingerprint density at radius 2 is 2.00 bits per heavy atom. The van der Waals surface area contributed by atoms with Crippen LogP contribution in [0.5, 0.6) is 0 Å². The summed E-state index contributed by atoms with van der Waals surface area (Å²) in [4.78, 5) is 24.5. The number of nitrogens with zero attached hydrogens (tertiary/aromatic N) is 3. The van der Waals surface area contributed by atoms with E-state index in [-0.39, 0.29) is 6.09 Å². The van der Waals surface area contributed by atoms with Crippen molar-refractivity contribution in [2.45, 2.75) is 64.9 Å². The number of likely N-dealkylation sites (tertiary alicyclic amines) is 1. The summed E-state index contributed by atoms with van der Waals surface area (Å²) in [7, 11) is 0. The maximum Gasteiger partial charge on any atom is 0.410 e. The van der Waals surface area contributed by atoms with Gasteiger partial charge in [-0.2, -0.15) is 0 Å². The molecule has 0 radical (unpaired) electrons. The Labute approximate surface area is 171 Å². The van der Waals surface area contributed by atoms with Crippen molar-refractivity contribution in [1.29, 1.82) is 0 Å². The number of thiazole rings is 1. The second kappa shape index (κ2) is 8.47. The number of pyridine rings is 1. The fourth-order valence-electron chi connectivity index (χ4n) is 3.15. The minimum absolute atomic E-state index is 0.223. The van der Waals surface area contributed by atoms with Crippen molar-refractivity contribution in [3.63, 3.8) is 0 Å². The number of carbonyl (C=O) groups excluding carboxylic acids is 1. The van der Waals surface area contributed by atoms with E-state index < -0.39 is 5.60 Å². The van der Waals surface area contributed by atoms with Crippen LogP contribution >= 0.6 is 11.3 Å². The van der Waals surface area contributed by atoms with Gasteiger partial charge in [-0.25, -0.2) is 14.8 Å². The highest BCUT2D eigenvalue weighted by Gasteiger charge is 2.28. The lowest BCUT2D eigenvalue weighted by Crippen LogP contribution is -2.41. The van der Waals surface area contributed by atoms with Crippen LogP contribution in [0, 0.1) is 0 Å². The van der Waals surface area contributed by atoms with Crippen LogP contribution in [-0.2, 0) is 4.74 Å². The molecule has 1 aliphatic rings. The quantitative estimate of drug-likeness (QED) is 0.729. The van der Waals surface area contributed by atoms with Crippen LogP contribution in [0.15, 0.2) is 24.4 Å². The number of hydrogen-bond acceptors (Lipinski definition) is 6. The zero-order valence-corrected chi connectivity index (χ0v) is 18.2. The molecule has 0 aromatic carbocycles. The van der Waals surface area contributed by atoms with E-state index >= 15 is 0 Å². The minimum Gasteiger partial charge on any atom is -0.444 e. The molecule has 1 amide bonds. The Morgan fingerprint density at radius 1 is 1.29 bits per heavy atom. The van der Waals surface area contributed by atoms with Gasteiger partial charge in [-0.15, -0.1) is 11.3 Å². The number of hydrogen-bond donors (Lipinski definition) is 1. The summed E-state index contributed by atoms with van der Waals surface area (Å²) in [6, 6.07) is 6.07. The number of amides is 1. The van der Waals surface area contributed by atoms with E-state index in [1.54, 1.807) is 16.2 Å². The Morgan fingerprint density at radius 3 is 2.61 bits per heavy atom. The molecule has 2 aromatic rings. The normalized spacial score (nSPS) is 15.7. The Hall–Kier alpha value is -2.15. The number of piperidine rings is 1. The standard InChI is InChI=1S/C21H30N4O2S/c1-14(2)17-13-22-19(28-17)24-18-8-6-7-16(23-18)15-9-11-25(12-10-15)20(26)27-21(3,4)5/h6-8,13-15H,9-12H2,1-5H3,(H,22,23,24). The van der Waals surface area contributed by atoms with Gasteiger partial charge >= 0.3 is 6.09 Å². The molecule has 0 bridgehead atoms. The summed E-state index contributed by atoms with van der Waals surface area (Å²) in [5, 5.41) is 4.19. The largest absolute Gasteiger partial charge is 0.444 e. The van der Waals surface area contributed by atoms with Gasteiger partial charge in [0, 0.05) is 35.8 Å². The third-order valence-electron chi connectivity index (χ3n) is 4.66. The van der Waals surface area contributed by atoms with Gasteiger partial charge in [0.2, 0.25) is 0 Å². The Kier molecular flexibility index (Phi) is 6.23. The zero-order valence-electron chi connectivity index (χ0n) is 17.4. The fourth-order valence-corrected chi connectivity index (χ4v) is 3.98. The van der Waals surface area contributed by atoms with Crippen LogP contribution in [0.4, 0.5) is 15.7 Å². The first kappa shape index (κ1) is 20.6. The van der Waals surface area contributed by atoms with Gasteiger partial charge in [0.25, 0.3) is 0 Å². The van der Waals surface area contributed by atoms with Crippen molar-refractivity contribution in [3.05, 3.63) is 35.0 Å². The summed E-state index contributed by atoms with van der Waals surface area (Å²) in [5.41, 5.74) is 0.607. The highest BCUT2D eigenvalue weighted by atomic mass is 32.1. The van der Waals surface area contributed by atoms with Crippen molar-refractivity contribution in [1.82, 2.24) is 14.9 Å². The SMILES string of the molecule is CC(C)c1cnc(Nc2cccc(C3CCN(C(=O)OC(C)(C)C)CC3)n2)s1. The second-order valence-electron chi connectivity index (χ2n) is 8.54. The third kappa shape index (κ3) is 5.44. The van der Waals surface area contributed by atoms with Crippen molar-refractivity contribution in [2.75, 3.05) is 18.4 Å². The van der Waals surface area contributed by atoms with Crippen LogP contribution in [0.25, 0.3) is 0 Å². The van der Waals surface area contributed by atoms with E-state index in [2.05, 4.69) is 30.2 Å².